The maximum absolute atomic E-state index is 2.47. The van der Waals surface area contributed by atoms with Gasteiger partial charge in [-0.1, -0.05) is 152 Å². The van der Waals surface area contributed by atoms with Gasteiger partial charge in [0.1, 0.15) is 0 Å². The fraction of sp³-hybridized carbons (Fsp3) is 0. The Morgan fingerprint density at radius 2 is 0.938 bits per heavy atom. The Labute approximate surface area is 282 Å². The maximum Gasteiger partial charge on any atom is 0.0540 e. The summed E-state index contributed by atoms with van der Waals surface area (Å²) in [6.07, 6.45) is 0. The van der Waals surface area contributed by atoms with Crippen molar-refractivity contribution in [3.63, 3.8) is 0 Å². The number of benzene rings is 9. The fourth-order valence-electron chi connectivity index (χ4n) is 7.61. The van der Waals surface area contributed by atoms with Crippen LogP contribution < -0.4 is 4.90 Å². The van der Waals surface area contributed by atoms with Crippen LogP contribution in [0.1, 0.15) is 0 Å². The highest BCUT2D eigenvalue weighted by Crippen LogP contribution is 2.47. The summed E-state index contributed by atoms with van der Waals surface area (Å²) >= 11 is 1.89. The number of rotatable bonds is 4. The topological polar surface area (TPSA) is 3.24 Å². The molecule has 1 aromatic heterocycles. The lowest BCUT2D eigenvalue weighted by molar-refractivity contribution is 1.30. The predicted octanol–water partition coefficient (Wildman–Crippen LogP) is 13.8. The maximum atomic E-state index is 2.47. The number of hydrogen-bond acceptors (Lipinski definition) is 2. The second-order valence-corrected chi connectivity index (χ2v) is 13.5. The van der Waals surface area contributed by atoms with Gasteiger partial charge in [0.05, 0.1) is 11.4 Å². The van der Waals surface area contributed by atoms with Crippen molar-refractivity contribution >= 4 is 91.7 Å². The van der Waals surface area contributed by atoms with E-state index in [1.807, 2.05) is 11.3 Å². The van der Waals surface area contributed by atoms with E-state index in [1.54, 1.807) is 0 Å². The first-order chi connectivity index (χ1) is 23.8. The van der Waals surface area contributed by atoms with E-state index in [0.717, 1.165) is 17.1 Å². The van der Waals surface area contributed by atoms with Gasteiger partial charge in [0, 0.05) is 36.8 Å². The van der Waals surface area contributed by atoms with Crippen molar-refractivity contribution in [1.82, 2.24) is 0 Å². The summed E-state index contributed by atoms with van der Waals surface area (Å²) in [4.78, 5) is 2.47. The van der Waals surface area contributed by atoms with Crippen LogP contribution in [0.3, 0.4) is 0 Å². The van der Waals surface area contributed by atoms with Gasteiger partial charge in [0.25, 0.3) is 0 Å². The monoisotopic (exact) mass is 627 g/mol. The zero-order chi connectivity index (χ0) is 31.6. The number of anilines is 3. The lowest BCUT2D eigenvalue weighted by Gasteiger charge is -2.29. The molecule has 0 radical (unpaired) electrons. The van der Waals surface area contributed by atoms with Gasteiger partial charge in [-0.3, -0.25) is 0 Å². The van der Waals surface area contributed by atoms with Crippen molar-refractivity contribution in [3.05, 3.63) is 176 Å². The van der Waals surface area contributed by atoms with Crippen LogP contribution in [-0.4, -0.2) is 0 Å². The average molecular weight is 628 g/mol. The molecule has 2 heteroatoms. The lowest BCUT2D eigenvalue weighted by Crippen LogP contribution is -2.11. The van der Waals surface area contributed by atoms with Gasteiger partial charge in [-0.05, 0) is 67.5 Å². The SMILES string of the molecule is c1ccc(-c2ccccc2N(c2ccc3c(c2)sc2c4ccccc4ccc32)c2cccc3c2ccc2c4ccccc4ccc32)cc1. The molecule has 0 amide bonds. The lowest BCUT2D eigenvalue weighted by atomic mass is 9.95. The molecular formula is C46H29NS. The van der Waals surface area contributed by atoms with Crippen LogP contribution in [-0.2, 0) is 0 Å². The molecule has 48 heavy (non-hydrogen) atoms. The van der Waals surface area contributed by atoms with E-state index >= 15 is 0 Å². The molecule has 0 fully saturated rings. The van der Waals surface area contributed by atoms with Crippen LogP contribution in [0.15, 0.2) is 176 Å². The number of nitrogens with zero attached hydrogens (tertiary/aromatic N) is 1. The predicted molar refractivity (Wildman–Crippen MR) is 209 cm³/mol. The second kappa shape index (κ2) is 10.8. The normalized spacial score (nSPS) is 11.8. The highest BCUT2D eigenvalue weighted by Gasteiger charge is 2.21. The summed E-state index contributed by atoms with van der Waals surface area (Å²) < 4.78 is 2.64. The zero-order valence-electron chi connectivity index (χ0n) is 26.1. The van der Waals surface area contributed by atoms with Gasteiger partial charge >= 0.3 is 0 Å². The van der Waals surface area contributed by atoms with Gasteiger partial charge in [0.15, 0.2) is 0 Å². The minimum atomic E-state index is 1.15. The average Bonchev–Trinajstić information content (AvgIpc) is 3.54. The third kappa shape index (κ3) is 4.17. The van der Waals surface area contributed by atoms with Gasteiger partial charge in [-0.15, -0.1) is 11.3 Å². The molecule has 0 aliphatic carbocycles. The Morgan fingerprint density at radius 1 is 0.354 bits per heavy atom. The summed E-state index contributed by atoms with van der Waals surface area (Å²) in [5.41, 5.74) is 5.86. The summed E-state index contributed by atoms with van der Waals surface area (Å²) in [6.45, 7) is 0. The first-order valence-electron chi connectivity index (χ1n) is 16.4. The smallest absolute Gasteiger partial charge is 0.0540 e. The van der Waals surface area contributed by atoms with Crippen molar-refractivity contribution in [3.8, 4) is 11.1 Å². The summed E-state index contributed by atoms with van der Waals surface area (Å²) in [5.74, 6) is 0. The summed E-state index contributed by atoms with van der Waals surface area (Å²) in [7, 11) is 0. The van der Waals surface area contributed by atoms with Crippen molar-refractivity contribution in [2.45, 2.75) is 0 Å². The van der Waals surface area contributed by atoms with Crippen LogP contribution in [0.2, 0.25) is 0 Å². The highest BCUT2D eigenvalue weighted by atomic mass is 32.1. The molecule has 0 saturated heterocycles. The molecule has 0 aliphatic rings. The van der Waals surface area contributed by atoms with Gasteiger partial charge in [-0.2, -0.15) is 0 Å². The third-order valence-electron chi connectivity index (χ3n) is 9.84. The third-order valence-corrected chi connectivity index (χ3v) is 11.0. The molecule has 0 atom stereocenters. The Kier molecular flexibility index (Phi) is 6.12. The number of thiophene rings is 1. The van der Waals surface area contributed by atoms with Gasteiger partial charge < -0.3 is 4.90 Å². The van der Waals surface area contributed by atoms with Crippen molar-refractivity contribution in [2.75, 3.05) is 4.90 Å². The van der Waals surface area contributed by atoms with E-state index in [4.69, 9.17) is 0 Å². The highest BCUT2D eigenvalue weighted by molar-refractivity contribution is 7.26. The van der Waals surface area contributed by atoms with Gasteiger partial charge in [-0.25, -0.2) is 0 Å². The van der Waals surface area contributed by atoms with Crippen molar-refractivity contribution in [2.24, 2.45) is 0 Å². The van der Waals surface area contributed by atoms with Crippen LogP contribution in [0, 0.1) is 0 Å². The van der Waals surface area contributed by atoms with E-state index in [1.165, 1.54) is 74.4 Å². The van der Waals surface area contributed by atoms with Crippen molar-refractivity contribution in [1.29, 1.82) is 0 Å². The van der Waals surface area contributed by atoms with Crippen molar-refractivity contribution < 1.29 is 0 Å². The Hall–Kier alpha value is -5.96. The number of hydrogen-bond donors (Lipinski definition) is 0. The minimum absolute atomic E-state index is 1.15. The first kappa shape index (κ1) is 27.2. The molecule has 10 rings (SSSR count). The molecule has 0 aliphatic heterocycles. The zero-order valence-corrected chi connectivity index (χ0v) is 26.9. The van der Waals surface area contributed by atoms with Crippen LogP contribution >= 0.6 is 11.3 Å². The van der Waals surface area contributed by atoms with E-state index in [2.05, 4.69) is 181 Å². The summed E-state index contributed by atoms with van der Waals surface area (Å²) in [6, 6.07) is 64.5. The van der Waals surface area contributed by atoms with E-state index in [9.17, 15) is 0 Å². The fourth-order valence-corrected chi connectivity index (χ4v) is 8.88. The largest absolute Gasteiger partial charge is 0.309 e. The molecule has 1 heterocycles. The summed E-state index contributed by atoms with van der Waals surface area (Å²) in [5, 5.41) is 12.8. The number of fused-ring (bicyclic) bond motifs is 10. The quantitative estimate of drug-likeness (QED) is 0.176. The standard InChI is InChI=1S/C46H29NS/c1-2-11-30(12-3-1)35-16-8-9-19-43(35)47(33-23-26-41-42-25-22-32-14-5-7-17-36(32)46(42)48-45(41)29-33)44-20-10-18-37-39-24-21-31-13-4-6-15-34(31)38(39)27-28-40(37)44/h1-29H. The Morgan fingerprint density at radius 3 is 1.81 bits per heavy atom. The molecular weight excluding hydrogens is 599 g/mol. The van der Waals surface area contributed by atoms with E-state index < -0.39 is 0 Å². The molecule has 10 aromatic rings. The molecule has 1 nitrogen and oxygen atoms in total. The molecule has 0 N–H and O–H groups in total. The molecule has 0 bridgehead atoms. The van der Waals surface area contributed by atoms with E-state index in [0.29, 0.717) is 0 Å². The molecule has 0 unspecified atom stereocenters. The molecule has 0 spiro atoms. The first-order valence-corrected chi connectivity index (χ1v) is 17.3. The van der Waals surface area contributed by atoms with Gasteiger partial charge in [0.2, 0.25) is 0 Å². The van der Waals surface area contributed by atoms with Crippen LogP contribution in [0.25, 0.3) is 74.4 Å². The van der Waals surface area contributed by atoms with E-state index in [-0.39, 0.29) is 0 Å². The molecule has 9 aromatic carbocycles. The van der Waals surface area contributed by atoms with Crippen LogP contribution in [0.5, 0.6) is 0 Å². The minimum Gasteiger partial charge on any atom is -0.309 e. The van der Waals surface area contributed by atoms with Crippen LogP contribution in [0.4, 0.5) is 17.1 Å². The Bertz CT molecular complexity index is 2850. The number of para-hydroxylation sites is 1. The molecule has 224 valence electrons. The Balaban J connectivity index is 1.26. The second-order valence-electron chi connectivity index (χ2n) is 12.5. The molecule has 0 saturated carbocycles.